The number of urea groups is 1. The number of ether oxygens (including phenoxy) is 1. The van der Waals surface area contributed by atoms with E-state index >= 15 is 0 Å². The standard InChI is InChI=1S/C21H22F2N4O4S/c1-12-6-8-21(9-7-12)17(29)27(20(30)26-21)10-16(28)25-19-24-14(11-32-19)13-4-2-3-5-15(13)31-18(22)23/h2-5,11-12,18H,6-10H2,1H3,(H,26,30)(H,24,25,28). The monoisotopic (exact) mass is 464 g/mol. The Kier molecular flexibility index (Phi) is 6.09. The summed E-state index contributed by atoms with van der Waals surface area (Å²) in [6, 6.07) is 5.63. The number of imide groups is 1. The smallest absolute Gasteiger partial charge is 0.387 e. The molecule has 2 N–H and O–H groups in total. The van der Waals surface area contributed by atoms with Crippen molar-refractivity contribution in [2.24, 2.45) is 5.92 Å². The molecule has 0 atom stereocenters. The van der Waals surface area contributed by atoms with Crippen LogP contribution in [-0.4, -0.2) is 46.4 Å². The first kappa shape index (κ1) is 22.1. The van der Waals surface area contributed by atoms with Gasteiger partial charge in [-0.2, -0.15) is 8.78 Å². The molecule has 1 aromatic heterocycles. The molecule has 2 heterocycles. The molecule has 11 heteroatoms. The number of carbonyl (C=O) groups is 3. The number of hydrogen-bond donors (Lipinski definition) is 2. The van der Waals surface area contributed by atoms with Crippen molar-refractivity contribution in [3.05, 3.63) is 29.6 Å². The third kappa shape index (κ3) is 4.43. The molecule has 1 aromatic carbocycles. The highest BCUT2D eigenvalue weighted by atomic mass is 32.1. The number of nitrogens with one attached hydrogen (secondary N) is 2. The van der Waals surface area contributed by atoms with Crippen LogP contribution >= 0.6 is 11.3 Å². The number of thiazole rings is 1. The molecule has 1 saturated heterocycles. The second-order valence-electron chi connectivity index (χ2n) is 8.05. The lowest BCUT2D eigenvalue weighted by Crippen LogP contribution is -2.49. The molecule has 0 radical (unpaired) electrons. The third-order valence-corrected chi connectivity index (χ3v) is 6.56. The van der Waals surface area contributed by atoms with Gasteiger partial charge in [-0.1, -0.05) is 19.1 Å². The van der Waals surface area contributed by atoms with E-state index in [-0.39, 0.29) is 16.8 Å². The lowest BCUT2D eigenvalue weighted by molar-refractivity contribution is -0.135. The van der Waals surface area contributed by atoms with Gasteiger partial charge in [0.15, 0.2) is 5.13 Å². The summed E-state index contributed by atoms with van der Waals surface area (Å²) in [5.41, 5.74) is -0.203. The molecule has 0 unspecified atom stereocenters. The highest BCUT2D eigenvalue weighted by molar-refractivity contribution is 7.14. The van der Waals surface area contributed by atoms with Crippen molar-refractivity contribution in [3.63, 3.8) is 0 Å². The maximum absolute atomic E-state index is 12.9. The Morgan fingerprint density at radius 3 is 2.78 bits per heavy atom. The number of rotatable bonds is 6. The van der Waals surface area contributed by atoms with Crippen LogP contribution in [0.5, 0.6) is 5.75 Å². The van der Waals surface area contributed by atoms with E-state index in [1.165, 1.54) is 6.07 Å². The van der Waals surface area contributed by atoms with Crippen molar-refractivity contribution in [2.75, 3.05) is 11.9 Å². The van der Waals surface area contributed by atoms with Crippen LogP contribution in [0.1, 0.15) is 32.6 Å². The van der Waals surface area contributed by atoms with Crippen LogP contribution in [-0.2, 0) is 9.59 Å². The molecule has 170 valence electrons. The maximum Gasteiger partial charge on any atom is 0.387 e. The van der Waals surface area contributed by atoms with Gasteiger partial charge in [0, 0.05) is 10.9 Å². The molecule has 2 aliphatic rings. The van der Waals surface area contributed by atoms with Gasteiger partial charge in [0.2, 0.25) is 5.91 Å². The summed E-state index contributed by atoms with van der Waals surface area (Å²) in [4.78, 5) is 42.9. The molecule has 32 heavy (non-hydrogen) atoms. The van der Waals surface area contributed by atoms with E-state index < -0.39 is 30.6 Å². The Morgan fingerprint density at radius 2 is 2.06 bits per heavy atom. The Morgan fingerprint density at radius 1 is 1.34 bits per heavy atom. The predicted octanol–water partition coefficient (Wildman–Crippen LogP) is 3.85. The molecule has 1 saturated carbocycles. The van der Waals surface area contributed by atoms with Crippen LogP contribution in [0.25, 0.3) is 11.3 Å². The van der Waals surface area contributed by atoms with Crippen molar-refractivity contribution < 1.29 is 27.9 Å². The highest BCUT2D eigenvalue weighted by Crippen LogP contribution is 2.36. The summed E-state index contributed by atoms with van der Waals surface area (Å²) in [6.07, 6.45) is 2.80. The first-order valence-electron chi connectivity index (χ1n) is 10.2. The zero-order valence-corrected chi connectivity index (χ0v) is 18.1. The number of para-hydroxylation sites is 1. The van der Waals surface area contributed by atoms with Gasteiger partial charge >= 0.3 is 12.6 Å². The number of alkyl halides is 2. The number of nitrogens with zero attached hydrogens (tertiary/aromatic N) is 2. The van der Waals surface area contributed by atoms with E-state index in [0.717, 1.165) is 29.1 Å². The van der Waals surface area contributed by atoms with Crippen LogP contribution in [0.4, 0.5) is 18.7 Å². The van der Waals surface area contributed by atoms with E-state index in [9.17, 15) is 23.2 Å². The molecule has 1 aliphatic carbocycles. The Bertz CT molecular complexity index is 1040. The summed E-state index contributed by atoms with van der Waals surface area (Å²) in [7, 11) is 0. The van der Waals surface area contributed by atoms with Gasteiger partial charge in [-0.3, -0.25) is 14.5 Å². The fourth-order valence-corrected chi connectivity index (χ4v) is 4.77. The topological polar surface area (TPSA) is 101 Å². The summed E-state index contributed by atoms with van der Waals surface area (Å²) in [5.74, 6) is -0.481. The number of anilines is 1. The van der Waals surface area contributed by atoms with Crippen LogP contribution < -0.4 is 15.4 Å². The fraction of sp³-hybridized carbons (Fsp3) is 0.429. The van der Waals surface area contributed by atoms with Gasteiger partial charge in [-0.15, -0.1) is 11.3 Å². The van der Waals surface area contributed by atoms with Gasteiger partial charge in [0.05, 0.1) is 5.69 Å². The quantitative estimate of drug-likeness (QED) is 0.633. The van der Waals surface area contributed by atoms with Crippen LogP contribution in [0, 0.1) is 5.92 Å². The molecular weight excluding hydrogens is 442 g/mol. The summed E-state index contributed by atoms with van der Waals surface area (Å²) in [5, 5.41) is 7.15. The van der Waals surface area contributed by atoms with Gasteiger partial charge in [-0.05, 0) is 43.7 Å². The third-order valence-electron chi connectivity index (χ3n) is 5.81. The van der Waals surface area contributed by atoms with Gasteiger partial charge in [0.1, 0.15) is 17.8 Å². The van der Waals surface area contributed by atoms with E-state index in [0.29, 0.717) is 30.0 Å². The molecule has 1 aliphatic heterocycles. The minimum absolute atomic E-state index is 0.0305. The number of hydrogen-bond acceptors (Lipinski definition) is 6. The second-order valence-corrected chi connectivity index (χ2v) is 8.90. The number of aromatic nitrogens is 1. The van der Waals surface area contributed by atoms with Crippen molar-refractivity contribution in [3.8, 4) is 17.0 Å². The van der Waals surface area contributed by atoms with E-state index in [2.05, 4.69) is 27.3 Å². The predicted molar refractivity (Wildman–Crippen MR) is 113 cm³/mol. The normalized spacial score (nSPS) is 23.0. The Balaban J connectivity index is 1.41. The Hall–Kier alpha value is -3.08. The van der Waals surface area contributed by atoms with Crippen LogP contribution in [0.2, 0.25) is 0 Å². The number of carbonyl (C=O) groups excluding carboxylic acids is 3. The molecule has 8 nitrogen and oxygen atoms in total. The largest absolute Gasteiger partial charge is 0.434 e. The van der Waals surface area contributed by atoms with Gasteiger partial charge < -0.3 is 15.4 Å². The van der Waals surface area contributed by atoms with Crippen LogP contribution in [0.15, 0.2) is 29.6 Å². The number of halogens is 2. The lowest BCUT2D eigenvalue weighted by Gasteiger charge is -2.33. The maximum atomic E-state index is 12.9. The summed E-state index contributed by atoms with van der Waals surface area (Å²) < 4.78 is 29.8. The van der Waals surface area contributed by atoms with Crippen molar-refractivity contribution in [1.29, 1.82) is 0 Å². The minimum Gasteiger partial charge on any atom is -0.434 e. The second kappa shape index (κ2) is 8.81. The summed E-state index contributed by atoms with van der Waals surface area (Å²) >= 11 is 1.09. The van der Waals surface area contributed by atoms with Crippen molar-refractivity contribution in [1.82, 2.24) is 15.2 Å². The summed E-state index contributed by atoms with van der Waals surface area (Å²) in [6.45, 7) is -1.30. The molecule has 2 aromatic rings. The minimum atomic E-state index is -2.98. The molecule has 0 bridgehead atoms. The first-order valence-corrected chi connectivity index (χ1v) is 11.1. The molecular formula is C21H22F2N4O4S. The van der Waals surface area contributed by atoms with Crippen molar-refractivity contribution >= 4 is 34.3 Å². The van der Waals surface area contributed by atoms with Gasteiger partial charge in [0.25, 0.3) is 5.91 Å². The number of benzene rings is 1. The number of amides is 4. The highest BCUT2D eigenvalue weighted by Gasteiger charge is 2.52. The molecule has 1 spiro atoms. The fourth-order valence-electron chi connectivity index (χ4n) is 4.05. The average Bonchev–Trinajstić information content (AvgIpc) is 3.29. The molecule has 2 fully saturated rings. The van der Waals surface area contributed by atoms with E-state index in [1.54, 1.807) is 23.6 Å². The zero-order valence-electron chi connectivity index (χ0n) is 17.3. The van der Waals surface area contributed by atoms with E-state index in [4.69, 9.17) is 0 Å². The molecule has 4 rings (SSSR count). The average molecular weight is 464 g/mol. The van der Waals surface area contributed by atoms with Gasteiger partial charge in [-0.25, -0.2) is 9.78 Å². The zero-order chi connectivity index (χ0) is 22.9. The van der Waals surface area contributed by atoms with Crippen molar-refractivity contribution in [2.45, 2.75) is 44.8 Å². The lowest BCUT2D eigenvalue weighted by atomic mass is 9.77. The van der Waals surface area contributed by atoms with E-state index in [1.807, 2.05) is 0 Å². The Labute approximate surface area is 187 Å². The molecule has 4 amide bonds. The SMILES string of the molecule is CC1CCC2(CC1)NC(=O)N(CC(=O)Nc1nc(-c3ccccc3OC(F)F)cs1)C2=O. The first-order chi connectivity index (χ1) is 15.3. The van der Waals surface area contributed by atoms with Crippen LogP contribution in [0.3, 0.4) is 0 Å².